The van der Waals surface area contributed by atoms with Gasteiger partial charge in [-0.05, 0) is 30.7 Å². The van der Waals surface area contributed by atoms with Crippen molar-refractivity contribution >= 4 is 11.6 Å². The summed E-state index contributed by atoms with van der Waals surface area (Å²) in [6.07, 6.45) is 1.13. The number of carbonyl (C=O) groups excluding carboxylic acids is 1. The molecule has 1 amide bonds. The van der Waals surface area contributed by atoms with Crippen molar-refractivity contribution in [1.82, 2.24) is 4.98 Å². The fourth-order valence-corrected chi connectivity index (χ4v) is 1.88. The second kappa shape index (κ2) is 7.40. The molecule has 0 unspecified atom stereocenters. The Morgan fingerprint density at radius 2 is 2.09 bits per heavy atom. The molecule has 5 nitrogen and oxygen atoms in total. The molecule has 6 heteroatoms. The molecular formula is C16H17FN2O3. The Labute approximate surface area is 128 Å². The quantitative estimate of drug-likeness (QED) is 0.891. The minimum atomic E-state index is -0.818. The van der Waals surface area contributed by atoms with Crippen molar-refractivity contribution in [3.63, 3.8) is 0 Å². The van der Waals surface area contributed by atoms with Gasteiger partial charge in [0, 0.05) is 6.20 Å². The molecule has 0 aliphatic carbocycles. The summed E-state index contributed by atoms with van der Waals surface area (Å²) < 4.78 is 24.1. The Hall–Kier alpha value is -2.63. The third-order valence-corrected chi connectivity index (χ3v) is 2.99. The van der Waals surface area contributed by atoms with E-state index in [1.54, 1.807) is 37.4 Å². The van der Waals surface area contributed by atoms with E-state index < -0.39 is 17.8 Å². The number of carbonyl (C=O) groups is 1. The third-order valence-electron chi connectivity index (χ3n) is 2.99. The predicted molar refractivity (Wildman–Crippen MR) is 80.5 cm³/mol. The Morgan fingerprint density at radius 3 is 2.77 bits per heavy atom. The van der Waals surface area contributed by atoms with Crippen LogP contribution in [0.3, 0.4) is 0 Å². The van der Waals surface area contributed by atoms with E-state index in [9.17, 15) is 9.18 Å². The number of amides is 1. The molecule has 2 aromatic rings. The van der Waals surface area contributed by atoms with Crippen LogP contribution in [-0.2, 0) is 4.79 Å². The highest BCUT2D eigenvalue weighted by Gasteiger charge is 2.21. The highest BCUT2D eigenvalue weighted by molar-refractivity contribution is 5.95. The van der Waals surface area contributed by atoms with Gasteiger partial charge >= 0.3 is 0 Å². The van der Waals surface area contributed by atoms with Gasteiger partial charge in [-0.1, -0.05) is 19.1 Å². The van der Waals surface area contributed by atoms with E-state index >= 15 is 0 Å². The highest BCUT2D eigenvalue weighted by Crippen LogP contribution is 2.22. The van der Waals surface area contributed by atoms with Gasteiger partial charge in [-0.2, -0.15) is 0 Å². The maximum atomic E-state index is 13.6. The Balaban J connectivity index is 2.11. The maximum absolute atomic E-state index is 13.6. The number of hydrogen-bond acceptors (Lipinski definition) is 4. The lowest BCUT2D eigenvalue weighted by molar-refractivity contribution is -0.122. The first-order valence-corrected chi connectivity index (χ1v) is 6.86. The minimum absolute atomic E-state index is 0.0441. The molecule has 0 spiro atoms. The van der Waals surface area contributed by atoms with Crippen LogP contribution < -0.4 is 14.8 Å². The van der Waals surface area contributed by atoms with Gasteiger partial charge in [-0.15, -0.1) is 0 Å². The van der Waals surface area contributed by atoms with E-state index in [4.69, 9.17) is 9.47 Å². The van der Waals surface area contributed by atoms with Gasteiger partial charge in [0.2, 0.25) is 5.88 Å². The molecule has 1 heterocycles. The summed E-state index contributed by atoms with van der Waals surface area (Å²) in [7, 11) is 1.46. The van der Waals surface area contributed by atoms with Crippen LogP contribution >= 0.6 is 0 Å². The van der Waals surface area contributed by atoms with E-state index in [0.29, 0.717) is 18.0 Å². The number of aromatic nitrogens is 1. The molecule has 22 heavy (non-hydrogen) atoms. The topological polar surface area (TPSA) is 60.5 Å². The first-order chi connectivity index (χ1) is 10.7. The lowest BCUT2D eigenvalue weighted by Crippen LogP contribution is -2.32. The van der Waals surface area contributed by atoms with Gasteiger partial charge in [-0.3, -0.25) is 4.79 Å². The molecule has 0 saturated carbocycles. The van der Waals surface area contributed by atoms with Gasteiger partial charge in [0.1, 0.15) is 5.69 Å². The number of hydrogen-bond donors (Lipinski definition) is 1. The molecule has 0 fully saturated rings. The largest absolute Gasteiger partial charge is 0.480 e. The van der Waals surface area contributed by atoms with Gasteiger partial charge in [0.25, 0.3) is 5.91 Å². The maximum Gasteiger partial charge on any atom is 0.265 e. The number of anilines is 1. The van der Waals surface area contributed by atoms with Crippen molar-refractivity contribution in [3.05, 3.63) is 48.4 Å². The lowest BCUT2D eigenvalue weighted by atomic mass is 10.2. The van der Waals surface area contributed by atoms with Crippen molar-refractivity contribution < 1.29 is 18.7 Å². The van der Waals surface area contributed by atoms with Crippen LogP contribution in [0.15, 0.2) is 42.6 Å². The fraction of sp³-hybridized carbons (Fsp3) is 0.250. The van der Waals surface area contributed by atoms with Gasteiger partial charge < -0.3 is 14.8 Å². The number of nitrogens with zero attached hydrogens (tertiary/aromatic N) is 1. The molecule has 0 aliphatic heterocycles. The molecule has 1 aromatic heterocycles. The molecule has 0 bridgehead atoms. The Bertz CT molecular complexity index is 649. The number of pyridine rings is 1. The van der Waals surface area contributed by atoms with E-state index in [1.807, 2.05) is 0 Å². The molecule has 2 rings (SSSR count). The zero-order chi connectivity index (χ0) is 15.9. The summed E-state index contributed by atoms with van der Waals surface area (Å²) in [5.41, 5.74) is 0.436. The van der Waals surface area contributed by atoms with Crippen molar-refractivity contribution in [3.8, 4) is 11.6 Å². The number of benzene rings is 1. The SMILES string of the molecule is CC[C@@H](Oc1ccccc1F)C(=O)Nc1cccnc1OC. The average molecular weight is 304 g/mol. The number of para-hydroxylation sites is 1. The van der Waals surface area contributed by atoms with Crippen LogP contribution in [0.25, 0.3) is 0 Å². The summed E-state index contributed by atoms with van der Waals surface area (Å²) in [6, 6.07) is 9.31. The van der Waals surface area contributed by atoms with Crippen LogP contribution in [0.2, 0.25) is 0 Å². The van der Waals surface area contributed by atoms with E-state index in [0.717, 1.165) is 0 Å². The first kappa shape index (κ1) is 15.8. The van der Waals surface area contributed by atoms with E-state index in [-0.39, 0.29) is 5.75 Å². The molecule has 116 valence electrons. The van der Waals surface area contributed by atoms with Crippen LogP contribution in [0, 0.1) is 5.82 Å². The molecule has 1 aromatic carbocycles. The Kier molecular flexibility index (Phi) is 5.30. The fourth-order valence-electron chi connectivity index (χ4n) is 1.88. The Morgan fingerprint density at radius 1 is 1.32 bits per heavy atom. The van der Waals surface area contributed by atoms with E-state index in [1.165, 1.54) is 19.2 Å². The van der Waals surface area contributed by atoms with Crippen LogP contribution in [0.4, 0.5) is 10.1 Å². The summed E-state index contributed by atoms with van der Waals surface area (Å²) >= 11 is 0. The molecule has 0 radical (unpaired) electrons. The zero-order valence-corrected chi connectivity index (χ0v) is 12.4. The van der Waals surface area contributed by atoms with Crippen molar-refractivity contribution in [1.29, 1.82) is 0 Å². The van der Waals surface area contributed by atoms with Crippen LogP contribution in [-0.4, -0.2) is 24.1 Å². The number of ether oxygens (including phenoxy) is 2. The lowest BCUT2D eigenvalue weighted by Gasteiger charge is -2.18. The average Bonchev–Trinajstić information content (AvgIpc) is 2.54. The van der Waals surface area contributed by atoms with Crippen molar-refractivity contribution in [2.75, 3.05) is 12.4 Å². The van der Waals surface area contributed by atoms with Crippen molar-refractivity contribution in [2.24, 2.45) is 0 Å². The number of methoxy groups -OCH3 is 1. The summed E-state index contributed by atoms with van der Waals surface area (Å²) in [5.74, 6) is -0.552. The number of rotatable bonds is 6. The number of halogens is 1. The zero-order valence-electron chi connectivity index (χ0n) is 12.4. The monoisotopic (exact) mass is 304 g/mol. The van der Waals surface area contributed by atoms with Gasteiger partial charge in [0.15, 0.2) is 17.7 Å². The summed E-state index contributed by atoms with van der Waals surface area (Å²) in [4.78, 5) is 16.3. The molecule has 0 aliphatic rings. The summed E-state index contributed by atoms with van der Waals surface area (Å²) in [6.45, 7) is 1.78. The van der Waals surface area contributed by atoms with Gasteiger partial charge in [0.05, 0.1) is 7.11 Å². The van der Waals surface area contributed by atoms with Crippen LogP contribution in [0.1, 0.15) is 13.3 Å². The summed E-state index contributed by atoms with van der Waals surface area (Å²) in [5, 5.41) is 2.68. The van der Waals surface area contributed by atoms with Gasteiger partial charge in [-0.25, -0.2) is 9.37 Å². The minimum Gasteiger partial charge on any atom is -0.480 e. The van der Waals surface area contributed by atoms with Crippen molar-refractivity contribution in [2.45, 2.75) is 19.4 Å². The first-order valence-electron chi connectivity index (χ1n) is 6.86. The smallest absolute Gasteiger partial charge is 0.265 e. The third kappa shape index (κ3) is 3.72. The van der Waals surface area contributed by atoms with E-state index in [2.05, 4.69) is 10.3 Å². The van der Waals surface area contributed by atoms with Crippen LogP contribution in [0.5, 0.6) is 11.6 Å². The molecular weight excluding hydrogens is 287 g/mol. The second-order valence-corrected chi connectivity index (χ2v) is 4.49. The normalized spacial score (nSPS) is 11.6. The molecule has 1 N–H and O–H groups in total. The predicted octanol–water partition coefficient (Wildman–Crippen LogP) is 3.03. The highest BCUT2D eigenvalue weighted by atomic mass is 19.1. The molecule has 1 atom stereocenters. The second-order valence-electron chi connectivity index (χ2n) is 4.49. The number of nitrogens with one attached hydrogen (secondary N) is 1. The molecule has 0 saturated heterocycles. The standard InChI is InChI=1S/C16H17FN2O3/c1-3-13(22-14-9-5-4-7-11(14)17)15(20)19-12-8-6-10-18-16(12)21-2/h4-10,13H,3H2,1-2H3,(H,19,20)/t13-/m1/s1.